The molecule has 1 rings (SSSR count). The summed E-state index contributed by atoms with van der Waals surface area (Å²) in [7, 11) is 0. The Labute approximate surface area is 180 Å². The van der Waals surface area contributed by atoms with Crippen molar-refractivity contribution in [3.8, 4) is 11.5 Å². The summed E-state index contributed by atoms with van der Waals surface area (Å²) in [5.74, 6) is -0.107. The number of ether oxygens (including phenoxy) is 2. The van der Waals surface area contributed by atoms with Crippen molar-refractivity contribution in [2.24, 2.45) is 0 Å². The van der Waals surface area contributed by atoms with Crippen LogP contribution >= 0.6 is 0 Å². The zero-order valence-corrected chi connectivity index (χ0v) is 18.2. The first-order valence-corrected chi connectivity index (χ1v) is 11.4. The highest BCUT2D eigenvalue weighted by Gasteiger charge is 2.05. The van der Waals surface area contributed by atoms with Gasteiger partial charge in [-0.05, 0) is 31.4 Å². The van der Waals surface area contributed by atoms with Crippen LogP contribution in [0.3, 0.4) is 0 Å². The van der Waals surface area contributed by atoms with Crippen LogP contribution in [0, 0.1) is 0 Å². The predicted octanol–water partition coefficient (Wildman–Crippen LogP) is 6.07. The van der Waals surface area contributed by atoms with E-state index in [1.54, 1.807) is 0 Å². The van der Waals surface area contributed by atoms with E-state index in [9.17, 15) is 9.59 Å². The maximum atomic E-state index is 10.5. The summed E-state index contributed by atoms with van der Waals surface area (Å²) < 4.78 is 11.5. The van der Waals surface area contributed by atoms with Crippen molar-refractivity contribution in [2.45, 2.75) is 89.9 Å². The zero-order valence-electron chi connectivity index (χ0n) is 18.2. The monoisotopic (exact) mass is 422 g/mol. The molecule has 0 radical (unpaired) electrons. The molecule has 170 valence electrons. The standard InChI is InChI=1S/C24H38O6/c25-23(26)17-10-8-6-4-2-1-3-5-7-9-13-19-29-21-15-11-12-16-22(21)30-20-14-18-24(27)28/h11-12,15-16H,1-10,13-14,17-20H2,(H,25,26)(H,27,28). The number of hydrogen-bond donors (Lipinski definition) is 2. The van der Waals surface area contributed by atoms with Crippen LogP contribution in [-0.4, -0.2) is 35.4 Å². The third-order valence-electron chi connectivity index (χ3n) is 4.93. The van der Waals surface area contributed by atoms with Gasteiger partial charge in [-0.1, -0.05) is 69.9 Å². The van der Waals surface area contributed by atoms with Crippen molar-refractivity contribution in [1.29, 1.82) is 0 Å². The molecular formula is C24H38O6. The molecule has 0 unspecified atom stereocenters. The number of carboxylic acid groups (broad SMARTS) is 2. The SMILES string of the molecule is O=C(O)CCCCCCCCCCCCCOc1ccccc1OCCCC(=O)O. The third kappa shape index (κ3) is 14.7. The van der Waals surface area contributed by atoms with E-state index in [4.69, 9.17) is 19.7 Å². The lowest BCUT2D eigenvalue weighted by molar-refractivity contribution is -0.138. The molecule has 6 heteroatoms. The van der Waals surface area contributed by atoms with E-state index in [-0.39, 0.29) is 6.42 Å². The lowest BCUT2D eigenvalue weighted by atomic mass is 10.1. The minimum Gasteiger partial charge on any atom is -0.490 e. The topological polar surface area (TPSA) is 93.1 Å². The highest BCUT2D eigenvalue weighted by Crippen LogP contribution is 2.27. The number of unbranched alkanes of at least 4 members (excludes halogenated alkanes) is 10. The molecular weight excluding hydrogens is 384 g/mol. The van der Waals surface area contributed by atoms with Crippen molar-refractivity contribution in [3.63, 3.8) is 0 Å². The molecule has 0 saturated heterocycles. The lowest BCUT2D eigenvalue weighted by Crippen LogP contribution is -2.04. The normalized spacial score (nSPS) is 10.7. The number of benzene rings is 1. The summed E-state index contributed by atoms with van der Waals surface area (Å²) >= 11 is 0. The molecule has 0 heterocycles. The molecule has 0 saturated carbocycles. The van der Waals surface area contributed by atoms with Gasteiger partial charge < -0.3 is 19.7 Å². The van der Waals surface area contributed by atoms with E-state index < -0.39 is 11.9 Å². The molecule has 0 aliphatic heterocycles. The van der Waals surface area contributed by atoms with Crippen LogP contribution in [0.1, 0.15) is 89.9 Å². The quantitative estimate of drug-likeness (QED) is 0.248. The van der Waals surface area contributed by atoms with E-state index in [0.29, 0.717) is 31.8 Å². The average Bonchev–Trinajstić information content (AvgIpc) is 2.72. The smallest absolute Gasteiger partial charge is 0.303 e. The fourth-order valence-electron chi connectivity index (χ4n) is 3.25. The minimum absolute atomic E-state index is 0.107. The van der Waals surface area contributed by atoms with Gasteiger partial charge >= 0.3 is 11.9 Å². The first-order valence-electron chi connectivity index (χ1n) is 11.4. The molecule has 0 bridgehead atoms. The Balaban J connectivity index is 1.97. The van der Waals surface area contributed by atoms with Crippen molar-refractivity contribution < 1.29 is 29.3 Å². The third-order valence-corrected chi connectivity index (χ3v) is 4.93. The van der Waals surface area contributed by atoms with E-state index in [1.807, 2.05) is 24.3 Å². The molecule has 1 aromatic rings. The molecule has 0 amide bonds. The molecule has 0 aromatic heterocycles. The fourth-order valence-corrected chi connectivity index (χ4v) is 3.25. The van der Waals surface area contributed by atoms with Crippen molar-refractivity contribution in [1.82, 2.24) is 0 Å². The van der Waals surface area contributed by atoms with Crippen LogP contribution in [-0.2, 0) is 9.59 Å². The number of rotatable bonds is 20. The van der Waals surface area contributed by atoms with Crippen LogP contribution in [0.2, 0.25) is 0 Å². The highest BCUT2D eigenvalue weighted by atomic mass is 16.5. The number of para-hydroxylation sites is 2. The lowest BCUT2D eigenvalue weighted by Gasteiger charge is -2.12. The zero-order chi connectivity index (χ0) is 21.9. The summed E-state index contributed by atoms with van der Waals surface area (Å²) in [5, 5.41) is 17.3. The Bertz CT molecular complexity index is 587. The second-order valence-corrected chi connectivity index (χ2v) is 7.67. The van der Waals surface area contributed by atoms with Gasteiger partial charge in [0.15, 0.2) is 11.5 Å². The van der Waals surface area contributed by atoms with E-state index in [0.717, 1.165) is 37.9 Å². The fraction of sp³-hybridized carbons (Fsp3) is 0.667. The molecule has 2 N–H and O–H groups in total. The van der Waals surface area contributed by atoms with Crippen LogP contribution < -0.4 is 9.47 Å². The van der Waals surface area contributed by atoms with Gasteiger partial charge in [0.25, 0.3) is 0 Å². The Kier molecular flexibility index (Phi) is 15.1. The van der Waals surface area contributed by atoms with Crippen LogP contribution in [0.25, 0.3) is 0 Å². The predicted molar refractivity (Wildman–Crippen MR) is 117 cm³/mol. The number of aliphatic carboxylic acids is 2. The molecule has 0 fully saturated rings. The van der Waals surface area contributed by atoms with Gasteiger partial charge in [-0.15, -0.1) is 0 Å². The molecule has 30 heavy (non-hydrogen) atoms. The van der Waals surface area contributed by atoms with E-state index in [1.165, 1.54) is 38.5 Å². The first kappa shape index (κ1) is 25.8. The van der Waals surface area contributed by atoms with Gasteiger partial charge in [0.05, 0.1) is 13.2 Å². The maximum absolute atomic E-state index is 10.5. The first-order chi connectivity index (χ1) is 14.6. The Morgan fingerprint density at radius 3 is 1.40 bits per heavy atom. The number of carboxylic acids is 2. The molecule has 6 nitrogen and oxygen atoms in total. The summed E-state index contributed by atoms with van der Waals surface area (Å²) in [4.78, 5) is 21.0. The van der Waals surface area contributed by atoms with Crippen LogP contribution in [0.5, 0.6) is 11.5 Å². The highest BCUT2D eigenvalue weighted by molar-refractivity contribution is 5.66. The van der Waals surface area contributed by atoms with E-state index in [2.05, 4.69) is 0 Å². The molecule has 1 aromatic carbocycles. The van der Waals surface area contributed by atoms with Crippen LogP contribution in [0.15, 0.2) is 24.3 Å². The van der Waals surface area contributed by atoms with Gasteiger partial charge in [-0.25, -0.2) is 0 Å². The Hall–Kier alpha value is -2.24. The Morgan fingerprint density at radius 2 is 0.933 bits per heavy atom. The summed E-state index contributed by atoms with van der Waals surface area (Å²) in [6, 6.07) is 7.53. The second-order valence-electron chi connectivity index (χ2n) is 7.67. The molecule has 0 spiro atoms. The van der Waals surface area contributed by atoms with Gasteiger partial charge in [0.2, 0.25) is 0 Å². The molecule has 0 aliphatic carbocycles. The minimum atomic E-state index is -0.809. The second kappa shape index (κ2) is 17.6. The Morgan fingerprint density at radius 1 is 0.567 bits per heavy atom. The molecule has 0 aliphatic rings. The molecule has 0 atom stereocenters. The van der Waals surface area contributed by atoms with Crippen molar-refractivity contribution >= 4 is 11.9 Å². The van der Waals surface area contributed by atoms with Gasteiger partial charge in [-0.3, -0.25) is 9.59 Å². The summed E-state index contributed by atoms with van der Waals surface area (Å²) in [6.45, 7) is 1.03. The largest absolute Gasteiger partial charge is 0.490 e. The van der Waals surface area contributed by atoms with Crippen molar-refractivity contribution in [3.05, 3.63) is 24.3 Å². The van der Waals surface area contributed by atoms with Crippen LogP contribution in [0.4, 0.5) is 0 Å². The maximum Gasteiger partial charge on any atom is 0.303 e. The average molecular weight is 423 g/mol. The van der Waals surface area contributed by atoms with Crippen molar-refractivity contribution in [2.75, 3.05) is 13.2 Å². The number of hydrogen-bond acceptors (Lipinski definition) is 4. The summed E-state index contributed by atoms with van der Waals surface area (Å²) in [5.41, 5.74) is 0. The van der Waals surface area contributed by atoms with Gasteiger partial charge in [0.1, 0.15) is 0 Å². The van der Waals surface area contributed by atoms with Gasteiger partial charge in [0, 0.05) is 12.8 Å². The van der Waals surface area contributed by atoms with E-state index >= 15 is 0 Å². The number of carbonyl (C=O) groups is 2. The van der Waals surface area contributed by atoms with Gasteiger partial charge in [-0.2, -0.15) is 0 Å². The summed E-state index contributed by atoms with van der Waals surface area (Å²) in [6.07, 6.45) is 13.5.